The molecule has 0 heterocycles. The predicted molar refractivity (Wildman–Crippen MR) is 88.7 cm³/mol. The van der Waals surface area contributed by atoms with Crippen LogP contribution in [0.5, 0.6) is 0 Å². The van der Waals surface area contributed by atoms with E-state index in [2.05, 4.69) is 4.74 Å². The molecule has 0 amide bonds. The summed E-state index contributed by atoms with van der Waals surface area (Å²) in [5.74, 6) is -23.4. The van der Waals surface area contributed by atoms with E-state index in [-0.39, 0.29) is 17.8 Å². The highest BCUT2D eigenvalue weighted by Gasteiger charge is 2.64. The normalized spacial score (nSPS) is 29.5. The van der Waals surface area contributed by atoms with Gasteiger partial charge in [-0.3, -0.25) is 4.79 Å². The summed E-state index contributed by atoms with van der Waals surface area (Å²) in [4.78, 5) is 12.1. The third-order valence-corrected chi connectivity index (χ3v) is 6.84. The largest absolute Gasteiger partial charge is 0.459 e. The van der Waals surface area contributed by atoms with Crippen LogP contribution in [0.3, 0.4) is 0 Å². The van der Waals surface area contributed by atoms with E-state index in [1.165, 1.54) is 0 Å². The number of hydrogen-bond donors (Lipinski definition) is 0. The van der Waals surface area contributed by atoms with Crippen molar-refractivity contribution in [2.75, 3.05) is 6.61 Å². The number of carbonyl (C=O) groups is 1. The average molecular weight is 492 g/mol. The van der Waals surface area contributed by atoms with Crippen LogP contribution in [-0.4, -0.2) is 42.4 Å². The molecule has 188 valence electrons. The van der Waals surface area contributed by atoms with Crippen LogP contribution in [0.2, 0.25) is 0 Å². The summed E-state index contributed by atoms with van der Waals surface area (Å²) in [6.45, 7) is 1.67. The van der Waals surface area contributed by atoms with Crippen molar-refractivity contribution < 1.29 is 57.8 Å². The maximum Gasteiger partial charge on any atom is 0.395 e. The number of hydrogen-bond acceptors (Lipinski definition) is 2. The van der Waals surface area contributed by atoms with E-state index in [1.54, 1.807) is 0 Å². The van der Waals surface area contributed by atoms with Crippen LogP contribution < -0.4 is 0 Å². The lowest BCUT2D eigenvalue weighted by Crippen LogP contribution is -2.49. The summed E-state index contributed by atoms with van der Waals surface area (Å²) < 4.78 is 149. The van der Waals surface area contributed by atoms with Crippen molar-refractivity contribution in [2.45, 2.75) is 75.8 Å². The first-order chi connectivity index (χ1) is 14.2. The van der Waals surface area contributed by atoms with Gasteiger partial charge in [0.15, 0.2) is 6.61 Å². The zero-order valence-corrected chi connectivity index (χ0v) is 17.1. The molecule has 0 N–H and O–H groups in total. The zero-order valence-electron chi connectivity index (χ0n) is 17.1. The van der Waals surface area contributed by atoms with E-state index in [1.807, 2.05) is 13.8 Å². The van der Waals surface area contributed by atoms with Crippen molar-refractivity contribution in [2.24, 2.45) is 29.6 Å². The molecule has 2 aliphatic rings. The molecular formula is C19H23F11O2. The standard InChI is InChI=1S/C19H23F11O2/c1-9-10(2)12-5-11(9)6-13(12)14(31)32-8-18(26,27)16(22,23)4-3-15(20,21)17(24,25)7-19(28,29)30/h9-13H,3-8H2,1-2H3. The molecule has 0 spiro atoms. The Morgan fingerprint density at radius 3 is 1.69 bits per heavy atom. The van der Waals surface area contributed by atoms with Crippen molar-refractivity contribution in [1.29, 1.82) is 0 Å². The molecule has 5 unspecified atom stereocenters. The van der Waals surface area contributed by atoms with Crippen molar-refractivity contribution >= 4 is 5.97 Å². The van der Waals surface area contributed by atoms with Crippen LogP contribution in [-0.2, 0) is 9.53 Å². The molecule has 32 heavy (non-hydrogen) atoms. The van der Waals surface area contributed by atoms with Gasteiger partial charge >= 0.3 is 35.8 Å². The SMILES string of the molecule is CC1C2CC(C(=O)OCC(F)(F)C(F)(F)CCC(F)(F)C(F)(F)CC(F)(F)F)C(C2)C1C. The Hall–Kier alpha value is -1.30. The van der Waals surface area contributed by atoms with Gasteiger partial charge in [0.2, 0.25) is 0 Å². The molecule has 0 radical (unpaired) electrons. The van der Waals surface area contributed by atoms with Crippen LogP contribution >= 0.6 is 0 Å². The van der Waals surface area contributed by atoms with Crippen LogP contribution in [0.1, 0.15) is 46.0 Å². The molecule has 0 aromatic heterocycles. The Balaban J connectivity index is 1.95. The monoisotopic (exact) mass is 492 g/mol. The summed E-state index contributed by atoms with van der Waals surface area (Å²) in [6.07, 6.45) is -13.2. The number of alkyl halides is 11. The van der Waals surface area contributed by atoms with E-state index in [0.29, 0.717) is 18.8 Å². The highest BCUT2D eigenvalue weighted by atomic mass is 19.4. The Labute approximate surface area is 176 Å². The molecule has 0 aliphatic heterocycles. The Morgan fingerprint density at radius 2 is 1.25 bits per heavy atom. The van der Waals surface area contributed by atoms with Gasteiger partial charge < -0.3 is 4.74 Å². The quantitative estimate of drug-likeness (QED) is 0.264. The van der Waals surface area contributed by atoms with Crippen molar-refractivity contribution in [3.05, 3.63) is 0 Å². The second kappa shape index (κ2) is 8.48. The van der Waals surface area contributed by atoms with Gasteiger partial charge in [0.1, 0.15) is 6.42 Å². The number of halogens is 11. The van der Waals surface area contributed by atoms with E-state index in [0.717, 1.165) is 0 Å². The molecule has 0 aromatic carbocycles. The van der Waals surface area contributed by atoms with Gasteiger partial charge in [-0.05, 0) is 36.5 Å². The summed E-state index contributed by atoms with van der Waals surface area (Å²) in [6, 6.07) is 0. The number of esters is 1. The lowest BCUT2D eigenvalue weighted by molar-refractivity contribution is -0.277. The molecule has 2 fully saturated rings. The topological polar surface area (TPSA) is 26.3 Å². The van der Waals surface area contributed by atoms with E-state index < -0.39 is 67.6 Å². The van der Waals surface area contributed by atoms with Crippen molar-refractivity contribution in [3.63, 3.8) is 0 Å². The van der Waals surface area contributed by atoms with Crippen LogP contribution in [0, 0.1) is 29.6 Å². The maximum atomic E-state index is 13.9. The minimum absolute atomic E-state index is 0.0915. The van der Waals surface area contributed by atoms with Gasteiger partial charge in [0.25, 0.3) is 0 Å². The van der Waals surface area contributed by atoms with E-state index in [4.69, 9.17) is 0 Å². The summed E-state index contributed by atoms with van der Waals surface area (Å²) in [5, 5.41) is 0. The predicted octanol–water partition coefficient (Wildman–Crippen LogP) is 6.73. The maximum absolute atomic E-state index is 13.9. The zero-order chi connectivity index (χ0) is 24.9. The fourth-order valence-electron chi connectivity index (χ4n) is 4.65. The van der Waals surface area contributed by atoms with Gasteiger partial charge in [-0.25, -0.2) is 0 Å². The average Bonchev–Trinajstić information content (AvgIpc) is 3.16. The molecule has 2 rings (SSSR count). The molecule has 0 aromatic rings. The second-order valence-corrected chi connectivity index (χ2v) is 8.94. The van der Waals surface area contributed by atoms with Gasteiger partial charge in [0, 0.05) is 12.8 Å². The molecule has 2 aliphatic carbocycles. The first-order valence-corrected chi connectivity index (χ1v) is 9.95. The third-order valence-electron chi connectivity index (χ3n) is 6.84. The number of carbonyl (C=O) groups excluding carboxylic acids is 1. The van der Waals surface area contributed by atoms with Crippen LogP contribution in [0.4, 0.5) is 48.3 Å². The molecule has 5 atom stereocenters. The molecule has 13 heteroatoms. The first-order valence-electron chi connectivity index (χ1n) is 9.95. The van der Waals surface area contributed by atoms with Gasteiger partial charge in [-0.15, -0.1) is 0 Å². The molecular weight excluding hydrogens is 469 g/mol. The van der Waals surface area contributed by atoms with Crippen LogP contribution in [0.15, 0.2) is 0 Å². The third kappa shape index (κ3) is 5.43. The van der Waals surface area contributed by atoms with E-state index >= 15 is 0 Å². The lowest BCUT2D eigenvalue weighted by atomic mass is 9.76. The fourth-order valence-corrected chi connectivity index (χ4v) is 4.65. The van der Waals surface area contributed by atoms with Gasteiger partial charge in [-0.2, -0.15) is 48.3 Å². The summed E-state index contributed by atoms with van der Waals surface area (Å²) >= 11 is 0. The molecule has 0 saturated heterocycles. The van der Waals surface area contributed by atoms with Crippen LogP contribution in [0.25, 0.3) is 0 Å². The number of ether oxygens (including phenoxy) is 1. The molecule has 2 bridgehead atoms. The first kappa shape index (κ1) is 26.9. The number of fused-ring (bicyclic) bond motifs is 2. The Kier molecular flexibility index (Phi) is 7.14. The highest BCUT2D eigenvalue weighted by Crippen LogP contribution is 2.55. The minimum Gasteiger partial charge on any atom is -0.459 e. The lowest BCUT2D eigenvalue weighted by Gasteiger charge is -2.32. The van der Waals surface area contributed by atoms with Crippen molar-refractivity contribution in [3.8, 4) is 0 Å². The smallest absolute Gasteiger partial charge is 0.395 e. The fraction of sp³-hybridized carbons (Fsp3) is 0.947. The number of rotatable bonds is 9. The molecule has 2 nitrogen and oxygen atoms in total. The Morgan fingerprint density at radius 1 is 0.750 bits per heavy atom. The van der Waals surface area contributed by atoms with E-state index in [9.17, 15) is 53.1 Å². The minimum atomic E-state index is -5.77. The Bertz CT molecular complexity index is 687. The highest BCUT2D eigenvalue weighted by molar-refractivity contribution is 5.73. The van der Waals surface area contributed by atoms with Crippen molar-refractivity contribution in [1.82, 2.24) is 0 Å². The van der Waals surface area contributed by atoms with Gasteiger partial charge in [-0.1, -0.05) is 13.8 Å². The van der Waals surface area contributed by atoms with Gasteiger partial charge in [0.05, 0.1) is 5.92 Å². The summed E-state index contributed by atoms with van der Waals surface area (Å²) in [7, 11) is 0. The summed E-state index contributed by atoms with van der Waals surface area (Å²) in [5.41, 5.74) is 0. The second-order valence-electron chi connectivity index (χ2n) is 8.94. The molecule has 2 saturated carbocycles.